The van der Waals surface area contributed by atoms with Crippen LogP contribution in [0.2, 0.25) is 0 Å². The van der Waals surface area contributed by atoms with E-state index in [2.05, 4.69) is 12.1 Å². The molecule has 1 N–H and O–H groups in total. The summed E-state index contributed by atoms with van der Waals surface area (Å²) < 4.78 is 100. The van der Waals surface area contributed by atoms with Crippen LogP contribution in [0.4, 0.5) is 13.2 Å². The lowest BCUT2D eigenvalue weighted by molar-refractivity contribution is -0.0443. The molecule has 0 atom stereocenters. The summed E-state index contributed by atoms with van der Waals surface area (Å²) in [6, 6.07) is 55.6. The molecule has 8 aromatic carbocycles. The fourth-order valence-corrected chi connectivity index (χ4v) is 13.0. The zero-order valence-corrected chi connectivity index (χ0v) is 38.6. The Hall–Kier alpha value is -6.71. The number of aryl methyl sites for hydroxylation is 2. The minimum absolute atomic E-state index is 0.00904. The van der Waals surface area contributed by atoms with Crippen LogP contribution in [0.5, 0.6) is 11.5 Å². The van der Waals surface area contributed by atoms with Crippen LogP contribution >= 0.6 is 7.75 Å². The summed E-state index contributed by atoms with van der Waals surface area (Å²) >= 11 is 0. The lowest BCUT2D eigenvalue weighted by atomic mass is 9.77. The number of hydrogen-bond acceptors (Lipinski definition) is 5. The van der Waals surface area contributed by atoms with Crippen molar-refractivity contribution in [3.05, 3.63) is 192 Å². The molecule has 1 heterocycles. The average Bonchev–Trinajstić information content (AvgIpc) is 3.50. The van der Waals surface area contributed by atoms with Crippen LogP contribution in [0.25, 0.3) is 77.9 Å². The van der Waals surface area contributed by atoms with E-state index in [1.165, 1.54) is 4.49 Å². The lowest BCUT2D eigenvalue weighted by Crippen LogP contribution is -2.36. The van der Waals surface area contributed by atoms with Gasteiger partial charge in [0.1, 0.15) is 11.5 Å². The van der Waals surface area contributed by atoms with Crippen molar-refractivity contribution >= 4 is 17.8 Å². The van der Waals surface area contributed by atoms with Gasteiger partial charge in [0.2, 0.25) is 0 Å². The number of sulfonamides is 1. The van der Waals surface area contributed by atoms with Crippen molar-refractivity contribution in [2.45, 2.75) is 56.9 Å². The van der Waals surface area contributed by atoms with Gasteiger partial charge in [-0.25, -0.2) is 13.0 Å². The average molecular weight is 944 g/mol. The summed E-state index contributed by atoms with van der Waals surface area (Å²) in [5, 5.41) is 0. The second kappa shape index (κ2) is 17.4. The van der Waals surface area contributed by atoms with Crippen molar-refractivity contribution in [2.75, 3.05) is 0 Å². The zero-order valence-electron chi connectivity index (χ0n) is 36.9. The lowest BCUT2D eigenvalue weighted by Gasteiger charge is -2.28. The molecule has 0 fully saturated rings. The highest BCUT2D eigenvalue weighted by atomic mass is 32.2. The molecule has 8 aromatic rings. The summed E-state index contributed by atoms with van der Waals surface area (Å²) in [5.74, 6) is 0.0181. The molecule has 2 aliphatic carbocycles. The first-order valence-electron chi connectivity index (χ1n) is 22.9. The Bertz CT molecular complexity index is 3080. The van der Waals surface area contributed by atoms with Crippen molar-refractivity contribution < 1.29 is 35.2 Å². The van der Waals surface area contributed by atoms with E-state index < -0.39 is 23.3 Å². The Kier molecular flexibility index (Phi) is 11.2. The largest absolute Gasteiger partial charge is 0.526 e. The number of fused-ring (bicyclic) bond motifs is 7. The van der Waals surface area contributed by atoms with Crippen LogP contribution in [0.3, 0.4) is 0 Å². The van der Waals surface area contributed by atoms with E-state index in [0.29, 0.717) is 46.2 Å². The van der Waals surface area contributed by atoms with E-state index >= 15 is 4.57 Å². The first kappa shape index (κ1) is 43.8. The molecule has 0 spiro atoms. The highest BCUT2D eigenvalue weighted by molar-refractivity contribution is 7.95. The van der Waals surface area contributed by atoms with Crippen LogP contribution in [0.15, 0.2) is 170 Å². The number of benzene rings is 8. The molecule has 0 unspecified atom stereocenters. The highest BCUT2D eigenvalue weighted by Gasteiger charge is 2.53. The molecular weight excluding hydrogens is 899 g/mol. The smallest absolute Gasteiger partial charge is 0.403 e. The fourth-order valence-electron chi connectivity index (χ4n) is 10.2. The van der Waals surface area contributed by atoms with Crippen molar-refractivity contribution in [3.63, 3.8) is 0 Å². The van der Waals surface area contributed by atoms with Gasteiger partial charge in [-0.3, -0.25) is 0 Å². The molecule has 0 amide bonds. The Morgan fingerprint density at radius 2 is 0.735 bits per heavy atom. The quantitative estimate of drug-likeness (QED) is 0.154. The maximum absolute atomic E-state index is 15.7. The van der Waals surface area contributed by atoms with Gasteiger partial charge in [0.15, 0.2) is 0 Å². The molecular formula is C57H45F3NO5PS. The summed E-state index contributed by atoms with van der Waals surface area (Å²) in [7, 11) is -11.8. The minimum atomic E-state index is -6.30. The number of rotatable bonds is 8. The van der Waals surface area contributed by atoms with E-state index in [-0.39, 0.29) is 11.5 Å². The SMILES string of the molecule is O=P1(NS(=O)(=O)C(F)(F)F)Oc2c(-c3cc(-c4ccccc4)cc(-c4ccccc4)c3)cc3c(c2-c2c4c(cc(-c5cc(-c6ccccc6)cc(-c6ccccc6)c5)c2O1)CCCC4)CCCC3. The van der Waals surface area contributed by atoms with Crippen LogP contribution < -0.4 is 13.5 Å². The van der Waals surface area contributed by atoms with Crippen LogP contribution in [0, 0.1) is 0 Å². The Morgan fingerprint density at radius 3 is 1.06 bits per heavy atom. The third-order valence-corrected chi connectivity index (χ3v) is 16.6. The van der Waals surface area contributed by atoms with Gasteiger partial charge in [0.05, 0.1) is 0 Å². The van der Waals surface area contributed by atoms with Crippen molar-refractivity contribution in [2.24, 2.45) is 0 Å². The molecule has 0 saturated heterocycles. The summed E-state index contributed by atoms with van der Waals surface area (Å²) in [4.78, 5) is 0. The van der Waals surface area contributed by atoms with Gasteiger partial charge < -0.3 is 9.05 Å². The monoisotopic (exact) mass is 943 g/mol. The van der Waals surface area contributed by atoms with E-state index in [4.69, 9.17) is 9.05 Å². The Balaban J connectivity index is 1.25. The number of halogens is 3. The van der Waals surface area contributed by atoms with E-state index in [1.54, 1.807) is 0 Å². The third kappa shape index (κ3) is 8.25. The topological polar surface area (TPSA) is 81.7 Å². The number of hydrogen-bond donors (Lipinski definition) is 1. The first-order chi connectivity index (χ1) is 32.9. The molecule has 340 valence electrons. The van der Waals surface area contributed by atoms with Crippen molar-refractivity contribution in [1.82, 2.24) is 4.49 Å². The normalized spacial score (nSPS) is 15.1. The molecule has 3 aliphatic rings. The summed E-state index contributed by atoms with van der Waals surface area (Å²) in [6.45, 7) is 0. The molecule has 0 saturated carbocycles. The molecule has 0 radical (unpaired) electrons. The fraction of sp³-hybridized carbons (Fsp3) is 0.158. The molecule has 11 heteroatoms. The van der Waals surface area contributed by atoms with Gasteiger partial charge in [-0.15, -0.1) is 0 Å². The maximum atomic E-state index is 15.7. The van der Waals surface area contributed by atoms with Crippen molar-refractivity contribution in [1.29, 1.82) is 0 Å². The van der Waals surface area contributed by atoms with Gasteiger partial charge in [-0.05, 0) is 178 Å². The van der Waals surface area contributed by atoms with Gasteiger partial charge in [-0.1, -0.05) is 126 Å². The maximum Gasteiger partial charge on any atom is 0.526 e. The van der Waals surface area contributed by atoms with Gasteiger partial charge >= 0.3 is 23.3 Å². The molecule has 1 aliphatic heterocycles. The van der Waals surface area contributed by atoms with Crippen LogP contribution in [-0.2, 0) is 40.3 Å². The second-order valence-electron chi connectivity index (χ2n) is 17.7. The molecule has 0 bridgehead atoms. The van der Waals surface area contributed by atoms with E-state index in [1.807, 2.05) is 158 Å². The first-order valence-corrected chi connectivity index (χ1v) is 25.9. The predicted molar refractivity (Wildman–Crippen MR) is 265 cm³/mol. The molecule has 68 heavy (non-hydrogen) atoms. The van der Waals surface area contributed by atoms with E-state index in [9.17, 15) is 21.6 Å². The summed E-state index contributed by atoms with van der Waals surface area (Å²) in [5.41, 5.74) is 8.63. The standard InChI is InChI=1S/C57H45F3NO5PS/c58-57(59,60)68(63,64)61-67(62)65-55-51(47-31-43(37-17-5-1-6-18-37)29-44(32-47)38-19-7-2-8-20-38)35-41-25-13-15-27-49(41)53(55)54-50-28-16-14-26-42(50)36-52(56(54)66-67)48-33-45(39-21-9-3-10-22-39)30-46(34-48)40-23-11-4-12-24-40/h1-12,17-24,29-36H,13-16,25-28H2,(H,61,62). The minimum Gasteiger partial charge on any atom is -0.403 e. The number of alkyl halides is 3. The van der Waals surface area contributed by atoms with Crippen LogP contribution in [-0.4, -0.2) is 13.9 Å². The molecule has 0 aromatic heterocycles. The van der Waals surface area contributed by atoms with E-state index in [0.717, 1.165) is 105 Å². The Labute approximate surface area is 394 Å². The van der Waals surface area contributed by atoms with Crippen molar-refractivity contribution in [3.8, 4) is 89.4 Å². The summed E-state index contributed by atoms with van der Waals surface area (Å²) in [6.07, 6.45) is 6.13. The predicted octanol–water partition coefficient (Wildman–Crippen LogP) is 15.4. The third-order valence-electron chi connectivity index (χ3n) is 13.3. The van der Waals surface area contributed by atoms with Gasteiger partial charge in [0.25, 0.3) is 0 Å². The number of nitrogens with one attached hydrogen (secondary N) is 1. The zero-order chi connectivity index (χ0) is 46.6. The molecule has 11 rings (SSSR count). The highest BCUT2D eigenvalue weighted by Crippen LogP contribution is 2.63. The van der Waals surface area contributed by atoms with Gasteiger partial charge in [-0.2, -0.15) is 13.2 Å². The van der Waals surface area contributed by atoms with Gasteiger partial charge in [0, 0.05) is 22.3 Å². The van der Waals surface area contributed by atoms with Crippen LogP contribution in [0.1, 0.15) is 47.9 Å². The molecule has 6 nitrogen and oxygen atoms in total. The second-order valence-corrected chi connectivity index (χ2v) is 21.3. The Morgan fingerprint density at radius 1 is 0.426 bits per heavy atom.